The Bertz CT molecular complexity index is 1320. The number of carbonyl (C=O) groups excluding carboxylic acids is 3. The zero-order chi connectivity index (χ0) is 29.9. The SMILES string of the molecule is COc1ccnc(C(=O)C[C@@H](C)C(=O)OC(C)C(Cc2cccc(F)c2)Cc2cccc(F)c2)c1OCOC(C)=O. The summed E-state index contributed by atoms with van der Waals surface area (Å²) in [7, 11) is 1.38. The molecule has 1 heterocycles. The van der Waals surface area contributed by atoms with Crippen LogP contribution in [0.5, 0.6) is 11.5 Å². The maximum Gasteiger partial charge on any atom is 0.309 e. The van der Waals surface area contributed by atoms with Crippen molar-refractivity contribution >= 4 is 17.7 Å². The van der Waals surface area contributed by atoms with E-state index in [-0.39, 0.29) is 41.2 Å². The molecule has 0 fully saturated rings. The number of benzene rings is 2. The third-order valence-corrected chi connectivity index (χ3v) is 6.45. The Labute approximate surface area is 237 Å². The maximum absolute atomic E-state index is 13.8. The molecule has 1 unspecified atom stereocenters. The first-order valence-electron chi connectivity index (χ1n) is 13.1. The highest BCUT2D eigenvalue weighted by Crippen LogP contribution is 2.31. The normalized spacial score (nSPS) is 12.4. The molecule has 0 radical (unpaired) electrons. The van der Waals surface area contributed by atoms with Gasteiger partial charge >= 0.3 is 11.9 Å². The maximum atomic E-state index is 13.8. The second kappa shape index (κ2) is 14.9. The predicted molar refractivity (Wildman–Crippen MR) is 145 cm³/mol. The molecule has 3 aromatic rings. The zero-order valence-electron chi connectivity index (χ0n) is 23.4. The first-order valence-corrected chi connectivity index (χ1v) is 13.1. The van der Waals surface area contributed by atoms with Crippen LogP contribution in [-0.4, -0.2) is 42.7 Å². The highest BCUT2D eigenvalue weighted by Gasteiger charge is 2.28. The van der Waals surface area contributed by atoms with E-state index in [1.807, 2.05) is 0 Å². The fraction of sp³-hybridized carbons (Fsp3) is 0.355. The molecule has 0 aliphatic carbocycles. The summed E-state index contributed by atoms with van der Waals surface area (Å²) >= 11 is 0. The number of aromatic nitrogens is 1. The summed E-state index contributed by atoms with van der Waals surface area (Å²) in [4.78, 5) is 41.4. The molecule has 0 bridgehead atoms. The molecule has 218 valence electrons. The molecule has 1 aromatic heterocycles. The number of ether oxygens (including phenoxy) is 4. The van der Waals surface area contributed by atoms with Gasteiger partial charge in [-0.05, 0) is 55.2 Å². The molecule has 0 aliphatic rings. The number of methoxy groups -OCH3 is 1. The molecule has 0 saturated heterocycles. The summed E-state index contributed by atoms with van der Waals surface area (Å²) in [6, 6.07) is 13.8. The number of nitrogens with zero attached hydrogens (tertiary/aromatic N) is 1. The highest BCUT2D eigenvalue weighted by atomic mass is 19.1. The number of hydrogen-bond donors (Lipinski definition) is 0. The average molecular weight is 570 g/mol. The van der Waals surface area contributed by atoms with Crippen LogP contribution in [-0.2, 0) is 31.9 Å². The minimum Gasteiger partial charge on any atom is -0.493 e. The van der Waals surface area contributed by atoms with Crippen LogP contribution in [0, 0.1) is 23.5 Å². The fourth-order valence-corrected chi connectivity index (χ4v) is 4.29. The number of rotatable bonds is 14. The monoisotopic (exact) mass is 569 g/mol. The second-order valence-electron chi connectivity index (χ2n) is 9.69. The van der Waals surface area contributed by atoms with Crippen molar-refractivity contribution in [2.75, 3.05) is 13.9 Å². The number of carbonyl (C=O) groups is 3. The Hall–Kier alpha value is -4.34. The predicted octanol–water partition coefficient (Wildman–Crippen LogP) is 5.51. The van der Waals surface area contributed by atoms with E-state index >= 15 is 0 Å². The smallest absolute Gasteiger partial charge is 0.309 e. The summed E-state index contributed by atoms with van der Waals surface area (Å²) in [6.45, 7) is 4.04. The molecular weight excluding hydrogens is 536 g/mol. The Balaban J connectivity index is 1.71. The molecule has 2 atom stereocenters. The van der Waals surface area contributed by atoms with Crippen LogP contribution in [0.4, 0.5) is 8.78 Å². The summed E-state index contributed by atoms with van der Waals surface area (Å²) in [5.41, 5.74) is 1.34. The number of halogens is 2. The quantitative estimate of drug-likeness (QED) is 0.142. The first kappa shape index (κ1) is 31.2. The Morgan fingerprint density at radius 2 is 1.54 bits per heavy atom. The third-order valence-electron chi connectivity index (χ3n) is 6.45. The topological polar surface area (TPSA) is 101 Å². The van der Waals surface area contributed by atoms with E-state index < -0.39 is 36.5 Å². The second-order valence-corrected chi connectivity index (χ2v) is 9.69. The molecule has 3 rings (SSSR count). The van der Waals surface area contributed by atoms with Crippen molar-refractivity contribution in [3.05, 3.63) is 89.2 Å². The Kier molecular flexibility index (Phi) is 11.3. The van der Waals surface area contributed by atoms with Crippen LogP contribution >= 0.6 is 0 Å². The van der Waals surface area contributed by atoms with Crippen LogP contribution in [0.1, 0.15) is 48.8 Å². The lowest BCUT2D eigenvalue weighted by Gasteiger charge is -2.26. The van der Waals surface area contributed by atoms with Crippen molar-refractivity contribution in [2.24, 2.45) is 11.8 Å². The van der Waals surface area contributed by atoms with E-state index in [1.165, 1.54) is 50.6 Å². The van der Waals surface area contributed by atoms with Gasteiger partial charge in [0, 0.05) is 31.5 Å². The molecule has 10 heteroatoms. The van der Waals surface area contributed by atoms with Crippen molar-refractivity contribution in [1.29, 1.82) is 0 Å². The fourth-order valence-electron chi connectivity index (χ4n) is 4.29. The molecular formula is C31H33F2NO7. The van der Waals surface area contributed by atoms with E-state index in [9.17, 15) is 23.2 Å². The Morgan fingerprint density at radius 3 is 2.07 bits per heavy atom. The van der Waals surface area contributed by atoms with Crippen LogP contribution in [0.2, 0.25) is 0 Å². The van der Waals surface area contributed by atoms with Gasteiger partial charge in [0.15, 0.2) is 23.0 Å². The van der Waals surface area contributed by atoms with E-state index in [0.29, 0.717) is 24.0 Å². The van der Waals surface area contributed by atoms with Crippen LogP contribution in [0.3, 0.4) is 0 Å². The largest absolute Gasteiger partial charge is 0.493 e. The van der Waals surface area contributed by atoms with E-state index in [0.717, 1.165) is 0 Å². The number of esters is 2. The summed E-state index contributed by atoms with van der Waals surface area (Å²) in [5.74, 6) is -3.40. The van der Waals surface area contributed by atoms with Gasteiger partial charge in [-0.1, -0.05) is 31.2 Å². The lowest BCUT2D eigenvalue weighted by atomic mass is 9.88. The lowest BCUT2D eigenvalue weighted by molar-refractivity contribution is -0.155. The van der Waals surface area contributed by atoms with E-state index in [1.54, 1.807) is 38.1 Å². The van der Waals surface area contributed by atoms with Gasteiger partial charge in [0.25, 0.3) is 0 Å². The first-order chi connectivity index (χ1) is 19.6. The van der Waals surface area contributed by atoms with Crippen LogP contribution in [0.25, 0.3) is 0 Å². The van der Waals surface area contributed by atoms with Gasteiger partial charge in [0.2, 0.25) is 6.79 Å². The molecule has 0 saturated carbocycles. The zero-order valence-corrected chi connectivity index (χ0v) is 23.4. The lowest BCUT2D eigenvalue weighted by Crippen LogP contribution is -2.30. The van der Waals surface area contributed by atoms with Gasteiger partial charge in [-0.25, -0.2) is 13.8 Å². The molecule has 8 nitrogen and oxygen atoms in total. The van der Waals surface area contributed by atoms with Crippen molar-refractivity contribution in [1.82, 2.24) is 4.98 Å². The van der Waals surface area contributed by atoms with Crippen molar-refractivity contribution in [2.45, 2.75) is 46.1 Å². The minimum absolute atomic E-state index is 0.0135. The third kappa shape index (κ3) is 9.37. The number of hydrogen-bond acceptors (Lipinski definition) is 8. The van der Waals surface area contributed by atoms with Crippen molar-refractivity contribution in [3.8, 4) is 11.5 Å². The van der Waals surface area contributed by atoms with E-state index in [2.05, 4.69) is 4.98 Å². The van der Waals surface area contributed by atoms with Crippen LogP contribution < -0.4 is 9.47 Å². The molecule has 2 aromatic carbocycles. The van der Waals surface area contributed by atoms with Gasteiger partial charge in [0.05, 0.1) is 13.0 Å². The standard InChI is InChI=1S/C31H33F2NO7/c1-19(13-27(36)29-30(40-18-39-21(3)35)28(38-4)11-12-34-29)31(37)41-20(2)24(14-22-7-5-9-25(32)16-22)15-23-8-6-10-26(33)17-23/h5-12,16-17,19-20,24H,13-15,18H2,1-4H3/t19-,20?/m1/s1. The highest BCUT2D eigenvalue weighted by molar-refractivity contribution is 5.99. The van der Waals surface area contributed by atoms with Crippen molar-refractivity contribution in [3.63, 3.8) is 0 Å². The van der Waals surface area contributed by atoms with Crippen molar-refractivity contribution < 1.29 is 42.1 Å². The van der Waals surface area contributed by atoms with Gasteiger partial charge in [0.1, 0.15) is 17.7 Å². The molecule has 41 heavy (non-hydrogen) atoms. The van der Waals surface area contributed by atoms with Gasteiger partial charge in [-0.2, -0.15) is 0 Å². The molecule has 0 spiro atoms. The molecule has 0 N–H and O–H groups in total. The van der Waals surface area contributed by atoms with Crippen LogP contribution in [0.15, 0.2) is 60.8 Å². The summed E-state index contributed by atoms with van der Waals surface area (Å²) in [5, 5.41) is 0. The Morgan fingerprint density at radius 1 is 0.927 bits per heavy atom. The number of Topliss-reactive ketones (excluding diaryl/α,β-unsaturated/α-hetero) is 1. The minimum atomic E-state index is -0.844. The van der Waals surface area contributed by atoms with Gasteiger partial charge in [-0.3, -0.25) is 14.4 Å². The number of pyridine rings is 1. The number of ketones is 1. The summed E-state index contributed by atoms with van der Waals surface area (Å²) in [6.07, 6.45) is 1.25. The van der Waals surface area contributed by atoms with E-state index in [4.69, 9.17) is 18.9 Å². The molecule has 0 amide bonds. The average Bonchev–Trinajstić information content (AvgIpc) is 2.92. The molecule has 0 aliphatic heterocycles. The van der Waals surface area contributed by atoms with Gasteiger partial charge in [-0.15, -0.1) is 0 Å². The summed E-state index contributed by atoms with van der Waals surface area (Å²) < 4.78 is 48.9. The van der Waals surface area contributed by atoms with Gasteiger partial charge < -0.3 is 18.9 Å².